The first-order chi connectivity index (χ1) is 0. The van der Waals surface area contributed by atoms with E-state index in [-0.39, 0.29) is 121 Å². The van der Waals surface area contributed by atoms with Gasteiger partial charge in [0.1, 0.15) is 0 Å². The minimum Gasteiger partial charge on any atom is -0.0149 e. The van der Waals surface area contributed by atoms with Gasteiger partial charge in [0, 0.05) is 93.1 Å². The fourth-order valence-electron chi connectivity index (χ4n) is 0. The molecule has 0 saturated heterocycles. The van der Waals surface area contributed by atoms with Gasteiger partial charge in [-0.25, -0.2) is 0 Å². The van der Waals surface area contributed by atoms with Crippen LogP contribution in [0.5, 0.6) is 0 Å². The number of hydrogen-bond acceptors (Lipinski definition) is 0. The van der Waals surface area contributed by atoms with E-state index in [0.717, 1.165) is 0 Å². The van der Waals surface area contributed by atoms with E-state index in [1.54, 1.807) is 0 Å². The molecule has 0 heterocycles. The van der Waals surface area contributed by atoms with Crippen LogP contribution in [0.15, 0.2) is 0 Å². The minimum atomic E-state index is 0. The van der Waals surface area contributed by atoms with Gasteiger partial charge in [-0.15, -0.1) is 0 Å². The summed E-state index contributed by atoms with van der Waals surface area (Å²) in [6, 6.07) is 0. The summed E-state index contributed by atoms with van der Waals surface area (Å²) in [6.45, 7) is 0. The molecule has 0 aromatic rings. The molecular formula is H7AlAuCuFeMnSiZn. The van der Waals surface area contributed by atoms with Gasteiger partial charge >= 0.3 is 0 Å². The maximum absolute atomic E-state index is 0. The Morgan fingerprint density at radius 3 is 1.00 bits per heavy atom. The largest absolute Gasteiger partial charge is 0.187 e. The van der Waals surface area contributed by atoms with E-state index in [2.05, 4.69) is 0 Å². The molecule has 0 saturated carbocycles. The van der Waals surface area contributed by atoms with E-state index in [0.29, 0.717) is 0 Å². The molecule has 0 aromatic heterocycles. The molecule has 0 amide bonds. The summed E-state index contributed by atoms with van der Waals surface area (Å²) < 4.78 is 0. The molecule has 0 unspecified atom stereocenters. The summed E-state index contributed by atoms with van der Waals surface area (Å²) in [5.41, 5.74) is 0. The Hall–Kier alpha value is 3.67. The summed E-state index contributed by atoms with van der Waals surface area (Å²) in [7, 11) is 0. The van der Waals surface area contributed by atoms with Crippen molar-refractivity contribution in [2.24, 2.45) is 0 Å². The van der Waals surface area contributed by atoms with Crippen LogP contribution in [0.2, 0.25) is 0 Å². The Labute approximate surface area is 119 Å². The first-order valence-corrected chi connectivity index (χ1v) is 0. The second kappa shape index (κ2) is 54.0. The Balaban J connectivity index is 0. The Kier molecular flexibility index (Phi) is 571. The Bertz CT molecular complexity index is 19.7. The molecular weight excluding hydrogens is 492 g/mol. The van der Waals surface area contributed by atoms with E-state index < -0.39 is 0 Å². The summed E-state index contributed by atoms with van der Waals surface area (Å²) in [5.74, 6) is 0. The van der Waals surface area contributed by atoms with Crippen LogP contribution in [0.4, 0.5) is 0 Å². The molecule has 7 heteroatoms. The summed E-state index contributed by atoms with van der Waals surface area (Å²) in [4.78, 5) is 0. The summed E-state index contributed by atoms with van der Waals surface area (Å²) >= 11 is 0. The van der Waals surface area contributed by atoms with Crippen LogP contribution in [0.3, 0.4) is 0 Å². The first-order valence-electron chi connectivity index (χ1n) is 0. The van der Waals surface area contributed by atoms with Crippen molar-refractivity contribution in [3.8, 4) is 0 Å². The third kappa shape index (κ3) is 42.2. The van der Waals surface area contributed by atoms with Gasteiger partial charge in [-0.2, -0.15) is 0 Å². The molecule has 0 aromatic carbocycles. The number of hydrogen-bond donors (Lipinski definition) is 0. The van der Waals surface area contributed by atoms with Gasteiger partial charge in [-0.1, -0.05) is 0 Å². The predicted molar refractivity (Wildman–Crippen MR) is 21.3 cm³/mol. The maximum atomic E-state index is 0. The van der Waals surface area contributed by atoms with Gasteiger partial charge < -0.3 is 0 Å². The zero-order chi connectivity index (χ0) is 0. The quantitative estimate of drug-likeness (QED) is 0.320. The smallest absolute Gasteiger partial charge is 0.0149 e. The van der Waals surface area contributed by atoms with Crippen molar-refractivity contribution in [3.63, 3.8) is 0 Å². The molecule has 0 aliphatic carbocycles. The van der Waals surface area contributed by atoms with Crippen LogP contribution in [0.25, 0.3) is 0 Å². The molecule has 3 radical (unpaired) electrons. The van der Waals surface area contributed by atoms with Crippen LogP contribution in [0, 0.1) is 0 Å². The topological polar surface area (TPSA) is 0 Å². The van der Waals surface area contributed by atoms with Crippen LogP contribution >= 0.6 is 0 Å². The van der Waals surface area contributed by atoms with Gasteiger partial charge in [0.05, 0.1) is 0 Å². The van der Waals surface area contributed by atoms with Crippen molar-refractivity contribution in [2.75, 3.05) is 0 Å². The maximum Gasteiger partial charge on any atom is 0.187 e. The molecule has 0 bridgehead atoms. The van der Waals surface area contributed by atoms with Crippen molar-refractivity contribution < 1.29 is 93.1 Å². The second-order valence-electron chi connectivity index (χ2n) is 0. The van der Waals surface area contributed by atoms with Crippen molar-refractivity contribution in [2.45, 2.75) is 0 Å². The van der Waals surface area contributed by atoms with Crippen molar-refractivity contribution in [1.82, 2.24) is 0 Å². The van der Waals surface area contributed by atoms with Crippen LogP contribution in [0.1, 0.15) is 0 Å². The fraction of sp³-hybridized carbons (Fsp3) is 0. The van der Waals surface area contributed by atoms with E-state index in [1.165, 1.54) is 0 Å². The Morgan fingerprint density at radius 1 is 1.00 bits per heavy atom. The van der Waals surface area contributed by atoms with Crippen LogP contribution < -0.4 is 0 Å². The molecule has 0 atom stereocenters. The second-order valence-corrected chi connectivity index (χ2v) is 0. The van der Waals surface area contributed by atoms with E-state index in [9.17, 15) is 0 Å². The fourth-order valence-corrected chi connectivity index (χ4v) is 0. The van der Waals surface area contributed by atoms with Crippen molar-refractivity contribution in [3.05, 3.63) is 0 Å². The molecule has 0 aliphatic rings. The van der Waals surface area contributed by atoms with Crippen LogP contribution in [-0.2, 0) is 93.1 Å². The Morgan fingerprint density at radius 2 is 1.00 bits per heavy atom. The molecule has 0 N–H and O–H groups in total. The molecule has 7 heavy (non-hydrogen) atoms. The minimum absolute atomic E-state index is 0. The zero-order valence-corrected chi connectivity index (χ0v) is 10.4. The van der Waals surface area contributed by atoms with E-state index >= 15 is 0 Å². The SMILES string of the molecule is [AlH3].[Au].[Cu].[Fe].[Mn].[SiH4].[Zn]. The predicted octanol–water partition coefficient (Wildman–Crippen LogP) is -2.65. The molecule has 0 nitrogen and oxygen atoms in total. The average Bonchev–Trinajstić information content (AvgIpc) is 0. The summed E-state index contributed by atoms with van der Waals surface area (Å²) in [6.07, 6.45) is 0. The molecule has 0 spiro atoms. The van der Waals surface area contributed by atoms with E-state index in [1.807, 2.05) is 0 Å². The van der Waals surface area contributed by atoms with Gasteiger partial charge in [-0.05, 0) is 11.0 Å². The average molecular weight is 499 g/mol. The zero-order valence-electron chi connectivity index (χ0n) is 2.04. The standard InChI is InChI=1S/Al.Au.Cu.Fe.Mn.H4Si.Zn.3H/h;;;;;1H4;;;;. The van der Waals surface area contributed by atoms with Crippen LogP contribution in [-0.4, -0.2) is 28.3 Å². The monoisotopic (exact) mass is 497 g/mol. The molecule has 0 aliphatic heterocycles. The van der Waals surface area contributed by atoms with Gasteiger partial charge in [-0.3, -0.25) is 0 Å². The summed E-state index contributed by atoms with van der Waals surface area (Å²) in [5, 5.41) is 0. The van der Waals surface area contributed by atoms with Crippen molar-refractivity contribution >= 4 is 28.3 Å². The van der Waals surface area contributed by atoms with Gasteiger partial charge in [0.25, 0.3) is 0 Å². The third-order valence-electron chi connectivity index (χ3n) is 0. The third-order valence-corrected chi connectivity index (χ3v) is 0. The normalized spacial score (nSPS) is 0. The first kappa shape index (κ1) is 74.1. The van der Waals surface area contributed by atoms with E-state index in [4.69, 9.17) is 0 Å². The molecule has 0 rings (SSSR count). The number of rotatable bonds is 0. The van der Waals surface area contributed by atoms with Gasteiger partial charge in [0.2, 0.25) is 0 Å². The molecule has 53 valence electrons. The molecule has 0 fully saturated rings. The van der Waals surface area contributed by atoms with Gasteiger partial charge in [0.15, 0.2) is 17.4 Å². The van der Waals surface area contributed by atoms with Crippen molar-refractivity contribution in [1.29, 1.82) is 0 Å².